The van der Waals surface area contributed by atoms with E-state index < -0.39 is 11.3 Å². The zero-order chi connectivity index (χ0) is 28.9. The van der Waals surface area contributed by atoms with Crippen LogP contribution in [0.1, 0.15) is 36.5 Å². The van der Waals surface area contributed by atoms with Crippen LogP contribution in [0, 0.1) is 6.92 Å². The van der Waals surface area contributed by atoms with Crippen LogP contribution < -0.4 is 15.4 Å². The fourth-order valence-electron chi connectivity index (χ4n) is 4.60. The fourth-order valence-corrected chi connectivity index (χ4v) is 5.62. The smallest absolute Gasteiger partial charge is 0.259 e. The molecule has 0 aliphatic carbocycles. The first kappa shape index (κ1) is 28.1. The van der Waals surface area contributed by atoms with Crippen molar-refractivity contribution < 1.29 is 19.1 Å². The molecule has 0 radical (unpaired) electrons. The van der Waals surface area contributed by atoms with Gasteiger partial charge in [0.15, 0.2) is 5.17 Å². The molecule has 2 aliphatic rings. The van der Waals surface area contributed by atoms with Crippen molar-refractivity contribution in [3.8, 4) is 5.75 Å². The summed E-state index contributed by atoms with van der Waals surface area (Å²) in [5, 5.41) is 5.72. The molecule has 5 rings (SSSR count). The molecule has 3 aromatic carbocycles. The Morgan fingerprint density at radius 1 is 1.07 bits per heavy atom. The summed E-state index contributed by atoms with van der Waals surface area (Å²) in [6, 6.07) is 21.5. The Kier molecular flexibility index (Phi) is 8.49. The molecule has 10 heteroatoms. The minimum absolute atomic E-state index is 0.0971. The SMILES string of the molecule is CC[C@@H](SC1=Nc2ccccc2C2=N[C@H](CC(=O)NCc3ccc(OC)cc3)C(=O)N12)C(=O)Nc1cccc(C)c1. The highest BCUT2D eigenvalue weighted by atomic mass is 32.2. The standard InChI is InChI=1S/C31H31N5O4S/c1-4-26(29(38)33-21-9-7-8-19(2)16-21)41-31-35-24-11-6-5-10-23(24)28-34-25(30(39)36(28)31)17-27(37)32-18-20-12-14-22(40-3)15-13-20/h5-16,25-26H,4,17-18H2,1-3H3,(H,32,37)(H,33,38)/t25-,26-/m1/s1. The topological polar surface area (TPSA) is 112 Å². The van der Waals surface area contributed by atoms with Gasteiger partial charge in [0.05, 0.1) is 24.5 Å². The summed E-state index contributed by atoms with van der Waals surface area (Å²) in [7, 11) is 1.60. The maximum Gasteiger partial charge on any atom is 0.259 e. The number of anilines is 1. The number of para-hydroxylation sites is 1. The van der Waals surface area contributed by atoms with E-state index in [1.54, 1.807) is 7.11 Å². The Morgan fingerprint density at radius 3 is 2.59 bits per heavy atom. The molecule has 0 saturated carbocycles. The number of fused-ring (bicyclic) bond motifs is 3. The van der Waals surface area contributed by atoms with Gasteiger partial charge >= 0.3 is 0 Å². The van der Waals surface area contributed by atoms with Gasteiger partial charge in [0.2, 0.25) is 11.8 Å². The Bertz CT molecular complexity index is 1540. The molecule has 0 unspecified atom stereocenters. The fraction of sp³-hybridized carbons (Fsp3) is 0.258. The number of carbonyl (C=O) groups is 3. The summed E-state index contributed by atoms with van der Waals surface area (Å²) in [6.07, 6.45) is 0.425. The summed E-state index contributed by atoms with van der Waals surface area (Å²) in [6.45, 7) is 4.21. The lowest BCUT2D eigenvalue weighted by atomic mass is 10.1. The Labute approximate surface area is 243 Å². The van der Waals surface area contributed by atoms with Crippen LogP contribution in [-0.2, 0) is 20.9 Å². The maximum atomic E-state index is 13.6. The van der Waals surface area contributed by atoms with Gasteiger partial charge in [-0.05, 0) is 60.9 Å². The van der Waals surface area contributed by atoms with Gasteiger partial charge in [-0.25, -0.2) is 9.89 Å². The van der Waals surface area contributed by atoms with Crippen molar-refractivity contribution in [2.45, 2.75) is 44.5 Å². The predicted octanol–water partition coefficient (Wildman–Crippen LogP) is 4.82. The number of nitrogens with zero attached hydrogens (tertiary/aromatic N) is 3. The number of rotatable bonds is 9. The van der Waals surface area contributed by atoms with Crippen molar-refractivity contribution in [3.63, 3.8) is 0 Å². The second kappa shape index (κ2) is 12.4. The van der Waals surface area contributed by atoms with Gasteiger partial charge in [-0.2, -0.15) is 0 Å². The zero-order valence-electron chi connectivity index (χ0n) is 23.1. The van der Waals surface area contributed by atoms with Crippen LogP contribution in [0.2, 0.25) is 0 Å². The molecule has 0 aromatic heterocycles. The van der Waals surface area contributed by atoms with Gasteiger partial charge in [0.25, 0.3) is 5.91 Å². The second-order valence-electron chi connectivity index (χ2n) is 9.76. The maximum absolute atomic E-state index is 13.6. The van der Waals surface area contributed by atoms with Gasteiger partial charge in [-0.3, -0.25) is 19.4 Å². The molecule has 0 fully saturated rings. The number of methoxy groups -OCH3 is 1. The highest BCUT2D eigenvalue weighted by Crippen LogP contribution is 2.36. The van der Waals surface area contributed by atoms with E-state index >= 15 is 0 Å². The first-order chi connectivity index (χ1) is 19.9. The number of aliphatic imine (C=N–C) groups is 2. The number of benzene rings is 3. The van der Waals surface area contributed by atoms with E-state index in [1.807, 2.05) is 86.6 Å². The molecular weight excluding hydrogens is 538 g/mol. The summed E-state index contributed by atoms with van der Waals surface area (Å²) >= 11 is 1.22. The molecule has 210 valence electrons. The lowest BCUT2D eigenvalue weighted by Gasteiger charge is -2.27. The predicted molar refractivity (Wildman–Crippen MR) is 162 cm³/mol. The molecule has 2 N–H and O–H groups in total. The number of ether oxygens (including phenoxy) is 1. The van der Waals surface area contributed by atoms with Crippen molar-refractivity contribution in [1.82, 2.24) is 10.2 Å². The molecule has 2 aliphatic heterocycles. The lowest BCUT2D eigenvalue weighted by molar-refractivity contribution is -0.128. The largest absolute Gasteiger partial charge is 0.497 e. The van der Waals surface area contributed by atoms with E-state index in [2.05, 4.69) is 15.6 Å². The Balaban J connectivity index is 1.31. The molecule has 2 atom stereocenters. The molecule has 2 heterocycles. The molecule has 3 aromatic rings. The summed E-state index contributed by atoms with van der Waals surface area (Å²) < 4.78 is 5.17. The third kappa shape index (κ3) is 6.33. The van der Waals surface area contributed by atoms with Crippen LogP contribution >= 0.6 is 11.8 Å². The highest BCUT2D eigenvalue weighted by Gasteiger charge is 2.43. The van der Waals surface area contributed by atoms with Gasteiger partial charge in [-0.1, -0.05) is 55.1 Å². The summed E-state index contributed by atoms with van der Waals surface area (Å²) in [5.41, 5.74) is 4.04. The highest BCUT2D eigenvalue weighted by molar-refractivity contribution is 8.15. The van der Waals surface area contributed by atoms with Crippen LogP contribution in [0.5, 0.6) is 5.75 Å². The summed E-state index contributed by atoms with van der Waals surface area (Å²) in [4.78, 5) is 50.5. The van der Waals surface area contributed by atoms with Crippen LogP contribution in [0.4, 0.5) is 11.4 Å². The van der Waals surface area contributed by atoms with E-state index in [0.717, 1.165) is 16.9 Å². The first-order valence-electron chi connectivity index (χ1n) is 13.4. The molecule has 41 heavy (non-hydrogen) atoms. The van der Waals surface area contributed by atoms with E-state index in [0.29, 0.717) is 40.9 Å². The van der Waals surface area contributed by atoms with Crippen LogP contribution in [-0.4, -0.2) is 52.0 Å². The third-order valence-electron chi connectivity index (χ3n) is 6.77. The minimum Gasteiger partial charge on any atom is -0.497 e. The molecule has 0 bridgehead atoms. The van der Waals surface area contributed by atoms with Crippen LogP contribution in [0.15, 0.2) is 82.8 Å². The van der Waals surface area contributed by atoms with Gasteiger partial charge in [0, 0.05) is 17.8 Å². The van der Waals surface area contributed by atoms with E-state index in [1.165, 1.54) is 16.7 Å². The monoisotopic (exact) mass is 569 g/mol. The van der Waals surface area contributed by atoms with Crippen molar-refractivity contribution in [2.75, 3.05) is 12.4 Å². The minimum atomic E-state index is -0.890. The quantitative estimate of drug-likeness (QED) is 0.384. The van der Waals surface area contributed by atoms with E-state index in [-0.39, 0.29) is 24.1 Å². The normalized spacial score (nSPS) is 16.2. The molecule has 0 spiro atoms. The molecule has 9 nitrogen and oxygen atoms in total. The van der Waals surface area contributed by atoms with Gasteiger partial charge < -0.3 is 15.4 Å². The number of amidine groups is 2. The van der Waals surface area contributed by atoms with Crippen LogP contribution in [0.25, 0.3) is 0 Å². The average Bonchev–Trinajstić information content (AvgIpc) is 3.30. The number of nitrogens with one attached hydrogen (secondary N) is 2. The van der Waals surface area contributed by atoms with Crippen molar-refractivity contribution in [3.05, 3.63) is 89.5 Å². The van der Waals surface area contributed by atoms with E-state index in [9.17, 15) is 14.4 Å². The number of aryl methyl sites for hydroxylation is 1. The Morgan fingerprint density at radius 2 is 1.85 bits per heavy atom. The van der Waals surface area contributed by atoms with Crippen LogP contribution in [0.3, 0.4) is 0 Å². The van der Waals surface area contributed by atoms with Crippen molar-refractivity contribution >= 4 is 51.9 Å². The lowest BCUT2D eigenvalue weighted by Crippen LogP contribution is -2.43. The van der Waals surface area contributed by atoms with Crippen molar-refractivity contribution in [2.24, 2.45) is 9.98 Å². The third-order valence-corrected chi connectivity index (χ3v) is 8.09. The van der Waals surface area contributed by atoms with Gasteiger partial charge in [0.1, 0.15) is 17.6 Å². The number of hydrogen-bond donors (Lipinski definition) is 2. The zero-order valence-corrected chi connectivity index (χ0v) is 23.9. The number of hydrogen-bond acceptors (Lipinski definition) is 7. The number of carbonyl (C=O) groups excluding carboxylic acids is 3. The average molecular weight is 570 g/mol. The number of amides is 3. The Hall–Kier alpha value is -4.44. The molecule has 3 amide bonds. The second-order valence-corrected chi connectivity index (χ2v) is 10.9. The van der Waals surface area contributed by atoms with Crippen molar-refractivity contribution in [1.29, 1.82) is 0 Å². The number of thioether (sulfide) groups is 1. The molecular formula is C31H31N5O4S. The van der Waals surface area contributed by atoms with Gasteiger partial charge in [-0.15, -0.1) is 0 Å². The molecule has 0 saturated heterocycles. The summed E-state index contributed by atoms with van der Waals surface area (Å²) in [5.74, 6) is 0.382. The van der Waals surface area contributed by atoms with E-state index in [4.69, 9.17) is 9.73 Å². The first-order valence-corrected chi connectivity index (χ1v) is 14.3.